The Hall–Kier alpha value is -2.00. The van der Waals surface area contributed by atoms with Crippen LogP contribution in [0.4, 0.5) is 0 Å². The molecular weight excluding hydrogens is 358 g/mol. The van der Waals surface area contributed by atoms with Crippen molar-refractivity contribution >= 4 is 22.5 Å². The maximum absolute atomic E-state index is 12.4. The molecule has 0 fully saturated rings. The van der Waals surface area contributed by atoms with Gasteiger partial charge >= 0.3 is 11.7 Å². The molecule has 0 saturated carbocycles. The van der Waals surface area contributed by atoms with E-state index in [9.17, 15) is 18.6 Å². The molecule has 0 aromatic carbocycles. The van der Waals surface area contributed by atoms with Crippen molar-refractivity contribution in [2.45, 2.75) is 44.9 Å². The van der Waals surface area contributed by atoms with E-state index in [4.69, 9.17) is 4.74 Å². The number of esters is 1. The largest absolute Gasteiger partial charge is 0.465 e. The summed E-state index contributed by atoms with van der Waals surface area (Å²) in [6.45, 7) is 11.0. The van der Waals surface area contributed by atoms with Crippen molar-refractivity contribution in [3.63, 3.8) is 0 Å². The summed E-state index contributed by atoms with van der Waals surface area (Å²) in [5, 5.41) is 0. The van der Waals surface area contributed by atoms with Crippen LogP contribution in [0, 0.1) is 0 Å². The Kier molecular flexibility index (Phi) is 7.28. The molecule has 1 aromatic rings. The first-order valence-electron chi connectivity index (χ1n) is 8.19. The van der Waals surface area contributed by atoms with Crippen LogP contribution in [-0.4, -0.2) is 36.7 Å². The number of nitrogens with zero attached hydrogens (tertiary/aromatic N) is 2. The van der Waals surface area contributed by atoms with Crippen LogP contribution < -0.4 is 16.0 Å². The van der Waals surface area contributed by atoms with Crippen LogP contribution in [-0.2, 0) is 34.6 Å². The number of hydrogen-bond donors (Lipinski definition) is 1. The van der Waals surface area contributed by atoms with Crippen LogP contribution in [0.2, 0.25) is 0 Å². The molecule has 1 N–H and O–H groups in total. The van der Waals surface area contributed by atoms with Gasteiger partial charge in [-0.25, -0.2) is 13.7 Å². The minimum Gasteiger partial charge on any atom is -0.465 e. The van der Waals surface area contributed by atoms with Crippen LogP contribution >= 0.6 is 0 Å². The van der Waals surface area contributed by atoms with E-state index < -0.39 is 39.0 Å². The van der Waals surface area contributed by atoms with Crippen LogP contribution in [0.25, 0.3) is 5.57 Å². The molecule has 8 nitrogen and oxygen atoms in total. The van der Waals surface area contributed by atoms with Gasteiger partial charge in [0.2, 0.25) is 0 Å². The number of rotatable bonds is 7. The summed E-state index contributed by atoms with van der Waals surface area (Å²) in [4.78, 5) is 36.4. The lowest BCUT2D eigenvalue weighted by atomic mass is 10.0. The molecule has 1 heterocycles. The maximum atomic E-state index is 12.4. The fraction of sp³-hybridized carbons (Fsp3) is 0.588. The standard InChI is InChI=1S/C17H27N3O5S/c1-8-25-15(22)13(18-26(24)17(3,4)5)9-11(2)12-10-19(6)16(23)20(7)14(12)21/h10,13,18H,2,8-9H2,1,3-7H3/t13-,26?/m0/s1. The summed E-state index contributed by atoms with van der Waals surface area (Å²) >= 11 is 0. The lowest BCUT2D eigenvalue weighted by molar-refractivity contribution is -0.144. The third-order valence-electron chi connectivity index (χ3n) is 3.65. The second-order valence-corrected chi connectivity index (χ2v) is 8.91. The van der Waals surface area contributed by atoms with Crippen molar-refractivity contribution in [3.8, 4) is 0 Å². The van der Waals surface area contributed by atoms with Crippen LogP contribution in [0.15, 0.2) is 22.4 Å². The molecular formula is C17H27N3O5S. The molecule has 9 heteroatoms. The summed E-state index contributed by atoms with van der Waals surface area (Å²) < 4.78 is 21.8. The van der Waals surface area contributed by atoms with E-state index in [0.717, 1.165) is 4.57 Å². The van der Waals surface area contributed by atoms with E-state index in [2.05, 4.69) is 11.3 Å². The molecule has 0 radical (unpaired) electrons. The summed E-state index contributed by atoms with van der Waals surface area (Å²) in [5.41, 5.74) is -0.400. The van der Waals surface area contributed by atoms with Gasteiger partial charge in [0.1, 0.15) is 6.04 Å². The number of aryl methyl sites for hydroxylation is 1. The summed E-state index contributed by atoms with van der Waals surface area (Å²) in [6.07, 6.45) is 1.41. The van der Waals surface area contributed by atoms with E-state index >= 15 is 0 Å². The zero-order valence-electron chi connectivity index (χ0n) is 16.1. The van der Waals surface area contributed by atoms with Gasteiger partial charge in [0.15, 0.2) is 0 Å². The average Bonchev–Trinajstić information content (AvgIpc) is 2.54. The summed E-state index contributed by atoms with van der Waals surface area (Å²) in [7, 11) is 1.38. The summed E-state index contributed by atoms with van der Waals surface area (Å²) in [6, 6.07) is -0.926. The Bertz CT molecular complexity index is 832. The molecule has 0 bridgehead atoms. The molecule has 0 spiro atoms. The second-order valence-electron chi connectivity index (χ2n) is 6.91. The molecule has 1 unspecified atom stereocenters. The van der Waals surface area contributed by atoms with Gasteiger partial charge in [0.05, 0.1) is 27.9 Å². The number of aromatic nitrogens is 2. The normalized spacial score (nSPS) is 13.9. The van der Waals surface area contributed by atoms with Crippen molar-refractivity contribution in [2.75, 3.05) is 6.61 Å². The Morgan fingerprint density at radius 1 is 1.35 bits per heavy atom. The van der Waals surface area contributed by atoms with E-state index in [1.807, 2.05) is 0 Å². The van der Waals surface area contributed by atoms with Crippen LogP contribution in [0.5, 0.6) is 0 Å². The maximum Gasteiger partial charge on any atom is 0.330 e. The van der Waals surface area contributed by atoms with Crippen molar-refractivity contribution < 1.29 is 13.7 Å². The number of carbonyl (C=O) groups excluding carboxylic acids is 1. The number of hydrogen-bond acceptors (Lipinski definition) is 5. The van der Waals surface area contributed by atoms with Gasteiger partial charge in [0.25, 0.3) is 5.56 Å². The predicted octanol–water partition coefficient (Wildman–Crippen LogP) is 0.471. The number of carbonyl (C=O) groups is 1. The third kappa shape index (κ3) is 5.25. The Morgan fingerprint density at radius 2 is 1.92 bits per heavy atom. The van der Waals surface area contributed by atoms with E-state index in [1.54, 1.807) is 27.7 Å². The number of nitrogens with one attached hydrogen (secondary N) is 1. The van der Waals surface area contributed by atoms with Gasteiger partial charge in [0, 0.05) is 20.3 Å². The molecule has 26 heavy (non-hydrogen) atoms. The van der Waals surface area contributed by atoms with E-state index in [1.165, 1.54) is 24.9 Å². The first kappa shape index (κ1) is 22.0. The van der Waals surface area contributed by atoms with Crippen LogP contribution in [0.1, 0.15) is 39.7 Å². The Morgan fingerprint density at radius 3 is 2.42 bits per heavy atom. The molecule has 0 aliphatic heterocycles. The first-order chi connectivity index (χ1) is 11.9. The zero-order valence-corrected chi connectivity index (χ0v) is 16.9. The highest BCUT2D eigenvalue weighted by atomic mass is 32.2. The Labute approximate surface area is 155 Å². The highest BCUT2D eigenvalue weighted by Crippen LogP contribution is 2.17. The van der Waals surface area contributed by atoms with Crippen molar-refractivity contribution in [3.05, 3.63) is 39.2 Å². The fourth-order valence-electron chi connectivity index (χ4n) is 2.13. The molecule has 2 atom stereocenters. The monoisotopic (exact) mass is 385 g/mol. The number of ether oxygens (including phenoxy) is 1. The first-order valence-corrected chi connectivity index (χ1v) is 9.34. The molecule has 0 aliphatic carbocycles. The molecule has 146 valence electrons. The smallest absolute Gasteiger partial charge is 0.330 e. The van der Waals surface area contributed by atoms with E-state index in [-0.39, 0.29) is 18.6 Å². The van der Waals surface area contributed by atoms with Gasteiger partial charge in [-0.1, -0.05) is 6.58 Å². The average molecular weight is 385 g/mol. The van der Waals surface area contributed by atoms with Gasteiger partial charge in [-0.3, -0.25) is 14.2 Å². The molecule has 1 rings (SSSR count). The lowest BCUT2D eigenvalue weighted by Crippen LogP contribution is -2.45. The molecule has 0 aliphatic rings. The van der Waals surface area contributed by atoms with Gasteiger partial charge in [-0.15, -0.1) is 0 Å². The zero-order chi connectivity index (χ0) is 20.2. The van der Waals surface area contributed by atoms with Crippen molar-refractivity contribution in [2.24, 2.45) is 14.1 Å². The third-order valence-corrected chi connectivity index (χ3v) is 5.27. The minimum absolute atomic E-state index is 0.0219. The SMILES string of the molecule is C=C(C[C@H](NS(=O)C(C)(C)C)C(=O)OCC)c1cn(C)c(=O)n(C)c1=O. The summed E-state index contributed by atoms with van der Waals surface area (Å²) in [5.74, 6) is -0.576. The topological polar surface area (TPSA) is 99.4 Å². The highest BCUT2D eigenvalue weighted by Gasteiger charge is 2.29. The quantitative estimate of drug-likeness (QED) is 0.688. The highest BCUT2D eigenvalue weighted by molar-refractivity contribution is 7.84. The predicted molar refractivity (Wildman–Crippen MR) is 102 cm³/mol. The lowest BCUT2D eigenvalue weighted by Gasteiger charge is -2.23. The molecule has 0 saturated heterocycles. The van der Waals surface area contributed by atoms with Crippen molar-refractivity contribution in [1.29, 1.82) is 0 Å². The van der Waals surface area contributed by atoms with Gasteiger partial charge < -0.3 is 9.30 Å². The van der Waals surface area contributed by atoms with Crippen molar-refractivity contribution in [1.82, 2.24) is 13.9 Å². The minimum atomic E-state index is -1.51. The molecule has 1 aromatic heterocycles. The van der Waals surface area contributed by atoms with Gasteiger partial charge in [-0.05, 0) is 39.7 Å². The van der Waals surface area contributed by atoms with Gasteiger partial charge in [-0.2, -0.15) is 0 Å². The second kappa shape index (κ2) is 8.59. The van der Waals surface area contributed by atoms with Crippen LogP contribution in [0.3, 0.4) is 0 Å². The van der Waals surface area contributed by atoms with E-state index in [0.29, 0.717) is 5.57 Å². The molecule has 0 amide bonds. The fourth-order valence-corrected chi connectivity index (χ4v) is 2.92. The Balaban J connectivity index is 3.17.